The van der Waals surface area contributed by atoms with Gasteiger partial charge in [0.2, 0.25) is 5.91 Å². The highest BCUT2D eigenvalue weighted by molar-refractivity contribution is 6.42. The molecule has 0 saturated carbocycles. The van der Waals surface area contributed by atoms with Crippen LogP contribution in [0.2, 0.25) is 10.0 Å². The van der Waals surface area contributed by atoms with Crippen LogP contribution in [0.15, 0.2) is 23.3 Å². The molecule has 1 aliphatic rings. The fraction of sp³-hybridized carbons (Fsp3) is 0.333. The van der Waals surface area contributed by atoms with E-state index in [1.165, 1.54) is 31.1 Å². The van der Waals surface area contributed by atoms with Gasteiger partial charge in [0.05, 0.1) is 17.2 Å². The van der Waals surface area contributed by atoms with Gasteiger partial charge in [-0.2, -0.15) is 5.10 Å². The second-order valence-electron chi connectivity index (χ2n) is 5.20. The summed E-state index contributed by atoms with van der Waals surface area (Å²) >= 11 is 11.7. The summed E-state index contributed by atoms with van der Waals surface area (Å²) in [6.07, 6.45) is 0.552. The Labute approximate surface area is 154 Å². The van der Waals surface area contributed by atoms with Crippen molar-refractivity contribution in [2.75, 3.05) is 12.4 Å². The average Bonchev–Trinajstić information content (AvgIpc) is 2.97. The van der Waals surface area contributed by atoms with Gasteiger partial charge in [-0.05, 0) is 31.5 Å². The number of ether oxygens (including phenoxy) is 1. The zero-order valence-electron chi connectivity index (χ0n) is 13.5. The van der Waals surface area contributed by atoms with Crippen molar-refractivity contribution in [3.8, 4) is 0 Å². The maximum absolute atomic E-state index is 11.9. The molecule has 2 rings (SSSR count). The minimum atomic E-state index is -0.735. The van der Waals surface area contributed by atoms with Gasteiger partial charge in [0.1, 0.15) is 11.9 Å². The van der Waals surface area contributed by atoms with Crippen molar-refractivity contribution in [1.29, 1.82) is 0 Å². The molecule has 0 aromatic heterocycles. The fourth-order valence-electron chi connectivity index (χ4n) is 2.37. The number of carbonyl (C=O) groups excluding carboxylic acids is 3. The van der Waals surface area contributed by atoms with Crippen molar-refractivity contribution < 1.29 is 19.1 Å². The van der Waals surface area contributed by atoms with E-state index in [-0.39, 0.29) is 18.2 Å². The van der Waals surface area contributed by atoms with Gasteiger partial charge in [0, 0.05) is 12.1 Å². The third kappa shape index (κ3) is 4.61. The largest absolute Gasteiger partial charge is 0.467 e. The Balaban J connectivity index is 2.01. The Kier molecular flexibility index (Phi) is 6.22. The highest BCUT2D eigenvalue weighted by Crippen LogP contribution is 2.25. The van der Waals surface area contributed by atoms with Gasteiger partial charge < -0.3 is 10.1 Å². The summed E-state index contributed by atoms with van der Waals surface area (Å²) in [7, 11) is 1.25. The number of benzene rings is 1. The first-order valence-electron chi connectivity index (χ1n) is 7.29. The minimum absolute atomic E-state index is 0.183. The topological polar surface area (TPSA) is 100 Å². The van der Waals surface area contributed by atoms with E-state index in [1.54, 1.807) is 6.07 Å². The van der Waals surface area contributed by atoms with Crippen LogP contribution in [0, 0.1) is 0 Å². The lowest BCUT2D eigenvalue weighted by molar-refractivity contribution is -0.146. The molecule has 2 N–H and O–H groups in total. The maximum atomic E-state index is 11.9. The van der Waals surface area contributed by atoms with Crippen LogP contribution in [-0.4, -0.2) is 41.8 Å². The quantitative estimate of drug-likeness (QED) is 0.360. The lowest BCUT2D eigenvalue weighted by Crippen LogP contribution is -2.43. The number of methoxy groups -OCH3 is 1. The minimum Gasteiger partial charge on any atom is -0.467 e. The molecule has 25 heavy (non-hydrogen) atoms. The van der Waals surface area contributed by atoms with Gasteiger partial charge in [0.15, 0.2) is 0 Å². The van der Waals surface area contributed by atoms with E-state index < -0.39 is 18.0 Å². The number of nitrogens with one attached hydrogen (secondary N) is 2. The van der Waals surface area contributed by atoms with Crippen LogP contribution in [0.3, 0.4) is 0 Å². The number of urea groups is 1. The summed E-state index contributed by atoms with van der Waals surface area (Å²) in [6, 6.07) is 3.22. The Bertz CT molecular complexity index is 738. The number of amidine groups is 1. The van der Waals surface area contributed by atoms with Gasteiger partial charge in [-0.25, -0.2) is 15.0 Å². The van der Waals surface area contributed by atoms with E-state index >= 15 is 0 Å². The van der Waals surface area contributed by atoms with E-state index in [2.05, 4.69) is 20.6 Å². The smallest absolute Gasteiger partial charge is 0.339 e. The molecule has 0 spiro atoms. The van der Waals surface area contributed by atoms with Crippen LogP contribution in [0.5, 0.6) is 0 Å². The monoisotopic (exact) mass is 386 g/mol. The van der Waals surface area contributed by atoms with Crippen LogP contribution >= 0.6 is 23.2 Å². The predicted octanol–water partition coefficient (Wildman–Crippen LogP) is 2.61. The van der Waals surface area contributed by atoms with E-state index in [9.17, 15) is 14.4 Å². The molecule has 0 bridgehead atoms. The van der Waals surface area contributed by atoms with E-state index in [1.807, 2.05) is 0 Å². The number of esters is 1. The van der Waals surface area contributed by atoms with Crippen LogP contribution in [0.25, 0.3) is 0 Å². The average molecular weight is 387 g/mol. The number of hydrazone groups is 1. The summed E-state index contributed by atoms with van der Waals surface area (Å²) in [5, 5.41) is 7.03. The molecule has 1 aliphatic heterocycles. The molecule has 3 amide bonds. The predicted molar refractivity (Wildman–Crippen MR) is 93.6 cm³/mol. The van der Waals surface area contributed by atoms with Gasteiger partial charge in [-0.15, -0.1) is 0 Å². The first-order chi connectivity index (χ1) is 11.8. The number of nitrogens with zero attached hydrogens (tertiary/aromatic N) is 2. The Morgan fingerprint density at radius 3 is 2.68 bits per heavy atom. The molecular formula is C15H16Cl2N4O4. The maximum Gasteiger partial charge on any atom is 0.339 e. The van der Waals surface area contributed by atoms with Crippen LogP contribution < -0.4 is 10.7 Å². The number of rotatable bonds is 3. The van der Waals surface area contributed by atoms with E-state index in [4.69, 9.17) is 23.2 Å². The molecule has 10 heteroatoms. The summed E-state index contributed by atoms with van der Waals surface area (Å²) in [5.74, 6) is -0.605. The SMILES string of the molecule is COC(=O)C1CCC(=O)N1/C(C)=N/NC(=O)Nc1ccc(Cl)c(Cl)c1. The van der Waals surface area contributed by atoms with Crippen molar-refractivity contribution >= 4 is 52.6 Å². The Morgan fingerprint density at radius 1 is 1.32 bits per heavy atom. The third-order valence-corrected chi connectivity index (χ3v) is 4.27. The van der Waals surface area contributed by atoms with Gasteiger partial charge in [0.25, 0.3) is 0 Å². The van der Waals surface area contributed by atoms with Gasteiger partial charge in [-0.3, -0.25) is 9.69 Å². The molecule has 134 valence electrons. The molecule has 1 atom stereocenters. The van der Waals surface area contributed by atoms with E-state index in [0.29, 0.717) is 22.2 Å². The molecule has 1 aromatic carbocycles. The number of amides is 3. The van der Waals surface area contributed by atoms with Crippen LogP contribution in [0.4, 0.5) is 10.5 Å². The standard InChI is InChI=1S/C15H16Cl2N4O4/c1-8(21-12(14(23)25-2)5-6-13(21)22)19-20-15(24)18-9-3-4-10(16)11(17)7-9/h3-4,7,12H,5-6H2,1-2H3,(H2,18,20,24)/b19-8+. The highest BCUT2D eigenvalue weighted by atomic mass is 35.5. The number of halogens is 2. The van der Waals surface area contributed by atoms with Crippen molar-refractivity contribution in [2.24, 2.45) is 5.10 Å². The highest BCUT2D eigenvalue weighted by Gasteiger charge is 2.38. The molecule has 0 radical (unpaired) electrons. The first-order valence-corrected chi connectivity index (χ1v) is 8.05. The second-order valence-corrected chi connectivity index (χ2v) is 6.01. The van der Waals surface area contributed by atoms with Crippen LogP contribution in [0.1, 0.15) is 19.8 Å². The molecule has 1 unspecified atom stereocenters. The molecule has 8 nitrogen and oxygen atoms in total. The Hall–Kier alpha value is -2.32. The second kappa shape index (κ2) is 8.17. The normalized spacial score (nSPS) is 17.4. The summed E-state index contributed by atoms with van der Waals surface area (Å²) in [6.45, 7) is 1.51. The summed E-state index contributed by atoms with van der Waals surface area (Å²) in [4.78, 5) is 36.7. The van der Waals surface area contributed by atoms with Gasteiger partial charge >= 0.3 is 12.0 Å². The molecule has 1 fully saturated rings. The number of anilines is 1. The molecular weight excluding hydrogens is 371 g/mol. The van der Waals surface area contributed by atoms with Crippen molar-refractivity contribution in [1.82, 2.24) is 10.3 Å². The van der Waals surface area contributed by atoms with Crippen molar-refractivity contribution in [3.63, 3.8) is 0 Å². The van der Waals surface area contributed by atoms with Crippen molar-refractivity contribution in [2.45, 2.75) is 25.8 Å². The van der Waals surface area contributed by atoms with Crippen molar-refractivity contribution in [3.05, 3.63) is 28.2 Å². The third-order valence-electron chi connectivity index (χ3n) is 3.53. The molecule has 1 heterocycles. The van der Waals surface area contributed by atoms with E-state index in [0.717, 1.165) is 0 Å². The van der Waals surface area contributed by atoms with Crippen LogP contribution in [-0.2, 0) is 14.3 Å². The zero-order valence-corrected chi connectivity index (χ0v) is 15.0. The lowest BCUT2D eigenvalue weighted by Gasteiger charge is -2.21. The molecule has 1 aromatic rings. The molecule has 1 saturated heterocycles. The molecule has 0 aliphatic carbocycles. The van der Waals surface area contributed by atoms with Gasteiger partial charge in [-0.1, -0.05) is 23.2 Å². The summed E-state index contributed by atoms with van der Waals surface area (Å²) in [5.41, 5.74) is 2.68. The number of carbonyl (C=O) groups is 3. The summed E-state index contributed by atoms with van der Waals surface area (Å²) < 4.78 is 4.68. The lowest BCUT2D eigenvalue weighted by atomic mass is 10.2. The Morgan fingerprint density at radius 2 is 2.04 bits per heavy atom. The zero-order chi connectivity index (χ0) is 18.6. The first kappa shape index (κ1) is 19.0. The number of hydrogen-bond acceptors (Lipinski definition) is 5. The number of hydrogen-bond donors (Lipinski definition) is 2. The fourth-order valence-corrected chi connectivity index (χ4v) is 2.67. The number of likely N-dealkylation sites (tertiary alicyclic amines) is 1.